The Morgan fingerprint density at radius 1 is 1.20 bits per heavy atom. The van der Waals surface area contributed by atoms with Crippen LogP contribution in [0.2, 0.25) is 0 Å². The highest BCUT2D eigenvalue weighted by Gasteiger charge is 2.55. The second kappa shape index (κ2) is 8.22. The molecule has 2 aliphatic carbocycles. The maximum atomic E-state index is 6.28. The van der Waals surface area contributed by atoms with E-state index in [1.165, 1.54) is 25.7 Å². The van der Waals surface area contributed by atoms with Crippen LogP contribution in [0.4, 0.5) is 0 Å². The monoisotopic (exact) mass is 354 g/mol. The summed E-state index contributed by atoms with van der Waals surface area (Å²) in [5, 5.41) is 0. The van der Waals surface area contributed by atoms with E-state index >= 15 is 0 Å². The molecule has 0 bridgehead atoms. The Bertz CT molecular complexity index is 421. The average Bonchev–Trinajstić information content (AvgIpc) is 3.46. The highest BCUT2D eigenvalue weighted by Crippen LogP contribution is 2.56. The third-order valence-electron chi connectivity index (χ3n) is 6.33. The average molecular weight is 355 g/mol. The second-order valence-electron chi connectivity index (χ2n) is 9.18. The lowest BCUT2D eigenvalue weighted by Gasteiger charge is -2.31. The van der Waals surface area contributed by atoms with E-state index in [2.05, 4.69) is 30.8 Å². The smallest absolute Gasteiger partial charge is 0.0594 e. The zero-order valence-electron chi connectivity index (χ0n) is 16.8. The number of hydrogen-bond acceptors (Lipinski definition) is 5. The van der Waals surface area contributed by atoms with Gasteiger partial charge in [0.15, 0.2) is 0 Å². The first-order valence-corrected chi connectivity index (χ1v) is 10.0. The van der Waals surface area contributed by atoms with Crippen molar-refractivity contribution >= 4 is 0 Å². The van der Waals surface area contributed by atoms with E-state index in [9.17, 15) is 0 Å². The fourth-order valence-electron chi connectivity index (χ4n) is 4.66. The van der Waals surface area contributed by atoms with Crippen LogP contribution in [0.15, 0.2) is 0 Å². The largest absolute Gasteiger partial charge is 0.384 e. The molecule has 3 rings (SSSR count). The number of nitrogens with zero attached hydrogens (tertiary/aromatic N) is 2. The topological polar surface area (TPSA) is 34.2 Å². The van der Waals surface area contributed by atoms with Crippen molar-refractivity contribution in [2.75, 3.05) is 73.8 Å². The molecular weight excluding hydrogens is 316 g/mol. The molecule has 3 fully saturated rings. The number of rotatable bonds is 11. The van der Waals surface area contributed by atoms with Gasteiger partial charge in [-0.05, 0) is 52.6 Å². The molecular formula is C20H38N2O3. The highest BCUT2D eigenvalue weighted by molar-refractivity contribution is 5.05. The van der Waals surface area contributed by atoms with E-state index in [1.54, 1.807) is 0 Å². The highest BCUT2D eigenvalue weighted by atomic mass is 16.5. The summed E-state index contributed by atoms with van der Waals surface area (Å²) in [5.74, 6) is 0.745. The molecule has 0 aromatic carbocycles. The standard InChI is InChI=1S/C20H38N2O3/c1-17(25-15-19(5-6-19)13-21(2)3)11-18-12-20(18,16-23-4)14-22-7-9-24-10-8-22/h17-18H,5-16H2,1-4H3/t17?,18-,20?/m1/s1. The lowest BCUT2D eigenvalue weighted by Crippen LogP contribution is -2.41. The molecule has 0 N–H and O–H groups in total. The summed E-state index contributed by atoms with van der Waals surface area (Å²) in [7, 11) is 6.17. The molecule has 1 heterocycles. The Morgan fingerprint density at radius 3 is 2.52 bits per heavy atom. The van der Waals surface area contributed by atoms with Crippen molar-refractivity contribution in [1.29, 1.82) is 0 Å². The lowest BCUT2D eigenvalue weighted by atomic mass is 10.00. The van der Waals surface area contributed by atoms with Crippen molar-refractivity contribution in [2.45, 2.75) is 38.7 Å². The first-order chi connectivity index (χ1) is 12.0. The van der Waals surface area contributed by atoms with Gasteiger partial charge in [-0.25, -0.2) is 0 Å². The van der Waals surface area contributed by atoms with Crippen molar-refractivity contribution in [3.63, 3.8) is 0 Å². The Kier molecular flexibility index (Phi) is 6.43. The van der Waals surface area contributed by atoms with Gasteiger partial charge in [0.2, 0.25) is 0 Å². The molecule has 3 atom stereocenters. The number of morpholine rings is 1. The predicted molar refractivity (Wildman–Crippen MR) is 99.9 cm³/mol. The number of methoxy groups -OCH3 is 1. The molecule has 0 aromatic rings. The summed E-state index contributed by atoms with van der Waals surface area (Å²) in [5.41, 5.74) is 0.795. The molecule has 1 aliphatic heterocycles. The third-order valence-corrected chi connectivity index (χ3v) is 6.33. The number of hydrogen-bond donors (Lipinski definition) is 0. The summed E-state index contributed by atoms with van der Waals surface area (Å²) in [6, 6.07) is 0. The van der Waals surface area contributed by atoms with Gasteiger partial charge in [-0.15, -0.1) is 0 Å². The van der Waals surface area contributed by atoms with Crippen LogP contribution in [0, 0.1) is 16.7 Å². The minimum absolute atomic E-state index is 0.352. The second-order valence-corrected chi connectivity index (χ2v) is 9.18. The molecule has 0 spiro atoms. The summed E-state index contributed by atoms with van der Waals surface area (Å²) in [6.45, 7) is 10.3. The maximum absolute atomic E-state index is 6.28. The fourth-order valence-corrected chi connectivity index (χ4v) is 4.66. The van der Waals surface area contributed by atoms with Gasteiger partial charge in [0.1, 0.15) is 0 Å². The van der Waals surface area contributed by atoms with Crippen LogP contribution in [0.3, 0.4) is 0 Å². The van der Waals surface area contributed by atoms with Gasteiger partial charge in [-0.3, -0.25) is 4.90 Å². The van der Waals surface area contributed by atoms with Gasteiger partial charge in [0, 0.05) is 44.1 Å². The van der Waals surface area contributed by atoms with Gasteiger partial charge >= 0.3 is 0 Å². The van der Waals surface area contributed by atoms with Crippen LogP contribution in [-0.4, -0.2) is 89.7 Å². The van der Waals surface area contributed by atoms with Crippen LogP contribution >= 0.6 is 0 Å². The molecule has 3 aliphatic rings. The normalized spacial score (nSPS) is 32.8. The van der Waals surface area contributed by atoms with Crippen LogP contribution < -0.4 is 0 Å². The zero-order chi connectivity index (χ0) is 17.9. The van der Waals surface area contributed by atoms with Crippen molar-refractivity contribution in [2.24, 2.45) is 16.7 Å². The van der Waals surface area contributed by atoms with Crippen molar-refractivity contribution in [1.82, 2.24) is 9.80 Å². The Morgan fingerprint density at radius 2 is 1.92 bits per heavy atom. The van der Waals surface area contributed by atoms with Crippen molar-refractivity contribution in [3.05, 3.63) is 0 Å². The van der Waals surface area contributed by atoms with Gasteiger partial charge in [-0.2, -0.15) is 0 Å². The quantitative estimate of drug-likeness (QED) is 0.568. The van der Waals surface area contributed by atoms with Crippen LogP contribution in [0.1, 0.15) is 32.6 Å². The predicted octanol–water partition coefficient (Wildman–Crippen LogP) is 2.11. The fraction of sp³-hybridized carbons (Fsp3) is 1.00. The molecule has 1 saturated heterocycles. The molecule has 2 unspecified atom stereocenters. The summed E-state index contributed by atoms with van der Waals surface area (Å²) >= 11 is 0. The third kappa shape index (κ3) is 5.39. The van der Waals surface area contributed by atoms with Gasteiger partial charge in [-0.1, -0.05) is 0 Å². The Hall–Kier alpha value is -0.200. The van der Waals surface area contributed by atoms with E-state index in [-0.39, 0.29) is 0 Å². The van der Waals surface area contributed by atoms with Gasteiger partial charge < -0.3 is 19.1 Å². The zero-order valence-corrected chi connectivity index (χ0v) is 16.8. The molecule has 0 radical (unpaired) electrons. The molecule has 0 aromatic heterocycles. The molecule has 146 valence electrons. The van der Waals surface area contributed by atoms with Crippen molar-refractivity contribution < 1.29 is 14.2 Å². The summed E-state index contributed by atoms with van der Waals surface area (Å²) in [6.07, 6.45) is 5.46. The van der Waals surface area contributed by atoms with E-state index in [4.69, 9.17) is 14.2 Å². The minimum Gasteiger partial charge on any atom is -0.384 e. The SMILES string of the molecule is COCC1(CN2CCOCC2)C[C@H]1CC(C)OCC1(CN(C)C)CC1. The lowest BCUT2D eigenvalue weighted by molar-refractivity contribution is 0.00313. The van der Waals surface area contributed by atoms with E-state index in [0.29, 0.717) is 16.9 Å². The minimum atomic E-state index is 0.352. The van der Waals surface area contributed by atoms with Crippen LogP contribution in [-0.2, 0) is 14.2 Å². The molecule has 5 heteroatoms. The van der Waals surface area contributed by atoms with E-state index < -0.39 is 0 Å². The Balaban J connectivity index is 1.42. The van der Waals surface area contributed by atoms with E-state index in [1.807, 2.05) is 7.11 Å². The van der Waals surface area contributed by atoms with Gasteiger partial charge in [0.25, 0.3) is 0 Å². The van der Waals surface area contributed by atoms with Crippen LogP contribution in [0.25, 0.3) is 0 Å². The first kappa shape index (κ1) is 19.6. The molecule has 2 saturated carbocycles. The summed E-state index contributed by atoms with van der Waals surface area (Å²) in [4.78, 5) is 4.86. The van der Waals surface area contributed by atoms with Crippen molar-refractivity contribution in [3.8, 4) is 0 Å². The summed E-state index contributed by atoms with van der Waals surface area (Å²) < 4.78 is 17.4. The maximum Gasteiger partial charge on any atom is 0.0594 e. The van der Waals surface area contributed by atoms with E-state index in [0.717, 1.165) is 58.5 Å². The van der Waals surface area contributed by atoms with Crippen LogP contribution in [0.5, 0.6) is 0 Å². The van der Waals surface area contributed by atoms with Gasteiger partial charge in [0.05, 0.1) is 32.5 Å². The number of ether oxygens (including phenoxy) is 3. The first-order valence-electron chi connectivity index (χ1n) is 10.0. The molecule has 5 nitrogen and oxygen atoms in total. The molecule has 0 amide bonds. The molecule has 25 heavy (non-hydrogen) atoms. The Labute approximate surface area is 154 Å².